The van der Waals surface area contributed by atoms with E-state index < -0.39 is 0 Å². The molecule has 0 spiro atoms. The number of methoxy groups -OCH3 is 2. The normalized spacial score (nSPS) is 10.2. The largest absolute Gasteiger partial charge is 0.493 e. The van der Waals surface area contributed by atoms with Gasteiger partial charge in [0.25, 0.3) is 5.91 Å². The third-order valence-corrected chi connectivity index (χ3v) is 3.87. The third-order valence-electron chi connectivity index (χ3n) is 3.87. The van der Waals surface area contributed by atoms with Crippen molar-refractivity contribution in [3.63, 3.8) is 0 Å². The van der Waals surface area contributed by atoms with Crippen LogP contribution in [0, 0.1) is 0 Å². The highest BCUT2D eigenvalue weighted by Gasteiger charge is 2.11. The van der Waals surface area contributed by atoms with Crippen molar-refractivity contribution in [3.05, 3.63) is 72.2 Å². The summed E-state index contributed by atoms with van der Waals surface area (Å²) in [4.78, 5) is 20.9. The lowest BCUT2D eigenvalue weighted by atomic mass is 10.1. The Labute approximate surface area is 151 Å². The topological polar surface area (TPSA) is 73.3 Å². The summed E-state index contributed by atoms with van der Waals surface area (Å²) in [6.07, 6.45) is 1.50. The van der Waals surface area contributed by atoms with Crippen LogP contribution in [0.2, 0.25) is 0 Å². The van der Waals surface area contributed by atoms with Gasteiger partial charge in [-0.15, -0.1) is 0 Å². The second kappa shape index (κ2) is 8.11. The van der Waals surface area contributed by atoms with Gasteiger partial charge in [-0.05, 0) is 24.3 Å². The van der Waals surface area contributed by atoms with Gasteiger partial charge in [-0.2, -0.15) is 0 Å². The molecule has 0 bridgehead atoms. The smallest absolute Gasteiger partial charge is 0.251 e. The van der Waals surface area contributed by atoms with Gasteiger partial charge in [0.1, 0.15) is 6.33 Å². The maximum atomic E-state index is 12.4. The zero-order chi connectivity index (χ0) is 18.4. The number of rotatable bonds is 6. The molecule has 0 aliphatic heterocycles. The van der Waals surface area contributed by atoms with Crippen LogP contribution in [0.4, 0.5) is 0 Å². The minimum atomic E-state index is -0.217. The molecule has 1 aromatic heterocycles. The maximum absolute atomic E-state index is 12.4. The first-order valence-electron chi connectivity index (χ1n) is 8.08. The van der Waals surface area contributed by atoms with Crippen molar-refractivity contribution in [2.75, 3.05) is 14.2 Å². The van der Waals surface area contributed by atoms with Gasteiger partial charge in [0, 0.05) is 11.1 Å². The van der Waals surface area contributed by atoms with Crippen molar-refractivity contribution in [1.82, 2.24) is 15.3 Å². The van der Waals surface area contributed by atoms with Gasteiger partial charge in [0.15, 0.2) is 11.5 Å². The fraction of sp³-hybridized carbons (Fsp3) is 0.150. The molecule has 0 aliphatic carbocycles. The Morgan fingerprint density at radius 1 is 0.962 bits per heavy atom. The van der Waals surface area contributed by atoms with Gasteiger partial charge >= 0.3 is 0 Å². The van der Waals surface area contributed by atoms with E-state index >= 15 is 0 Å². The van der Waals surface area contributed by atoms with Crippen molar-refractivity contribution < 1.29 is 14.3 Å². The molecule has 1 heterocycles. The number of hydrogen-bond donors (Lipinski definition) is 1. The lowest BCUT2D eigenvalue weighted by molar-refractivity contribution is 0.0950. The van der Waals surface area contributed by atoms with E-state index in [1.165, 1.54) is 13.4 Å². The van der Waals surface area contributed by atoms with Gasteiger partial charge in [-0.1, -0.05) is 30.3 Å². The summed E-state index contributed by atoms with van der Waals surface area (Å²) >= 11 is 0. The van der Waals surface area contributed by atoms with E-state index in [1.807, 2.05) is 36.4 Å². The lowest BCUT2D eigenvalue weighted by Gasteiger charge is -2.10. The number of amides is 1. The quantitative estimate of drug-likeness (QED) is 0.740. The second-order valence-corrected chi connectivity index (χ2v) is 5.51. The number of benzene rings is 2. The summed E-state index contributed by atoms with van der Waals surface area (Å²) in [7, 11) is 3.09. The van der Waals surface area contributed by atoms with E-state index in [1.54, 1.807) is 25.3 Å². The Balaban J connectivity index is 1.70. The fourth-order valence-electron chi connectivity index (χ4n) is 2.51. The highest BCUT2D eigenvalue weighted by Crippen LogP contribution is 2.27. The summed E-state index contributed by atoms with van der Waals surface area (Å²) in [6, 6.07) is 16.7. The van der Waals surface area contributed by atoms with Crippen molar-refractivity contribution >= 4 is 5.91 Å². The first-order valence-corrected chi connectivity index (χ1v) is 8.08. The molecule has 6 nitrogen and oxygen atoms in total. The minimum Gasteiger partial charge on any atom is -0.493 e. The lowest BCUT2D eigenvalue weighted by Crippen LogP contribution is -2.23. The van der Waals surface area contributed by atoms with Crippen LogP contribution in [0.3, 0.4) is 0 Å². The highest BCUT2D eigenvalue weighted by atomic mass is 16.5. The average Bonchev–Trinajstić information content (AvgIpc) is 2.72. The Hall–Kier alpha value is -3.41. The first-order chi connectivity index (χ1) is 12.7. The highest BCUT2D eigenvalue weighted by molar-refractivity contribution is 5.94. The second-order valence-electron chi connectivity index (χ2n) is 5.51. The van der Waals surface area contributed by atoms with Crippen LogP contribution in [0.15, 0.2) is 60.9 Å². The summed E-state index contributed by atoms with van der Waals surface area (Å²) in [5.74, 6) is 0.867. The number of nitrogens with zero attached hydrogens (tertiary/aromatic N) is 2. The Kier molecular flexibility index (Phi) is 5.43. The van der Waals surface area contributed by atoms with Crippen LogP contribution in [0.1, 0.15) is 16.1 Å². The van der Waals surface area contributed by atoms with E-state index in [2.05, 4.69) is 15.3 Å². The summed E-state index contributed by atoms with van der Waals surface area (Å²) in [5.41, 5.74) is 3.03. The number of ether oxygens (including phenoxy) is 2. The Morgan fingerprint density at radius 2 is 1.73 bits per heavy atom. The molecular weight excluding hydrogens is 330 g/mol. The molecule has 0 saturated heterocycles. The van der Waals surface area contributed by atoms with Gasteiger partial charge in [-0.25, -0.2) is 9.97 Å². The number of carbonyl (C=O) groups is 1. The van der Waals surface area contributed by atoms with Crippen LogP contribution in [-0.2, 0) is 6.54 Å². The molecule has 3 aromatic rings. The molecule has 26 heavy (non-hydrogen) atoms. The van der Waals surface area contributed by atoms with Crippen molar-refractivity contribution in [3.8, 4) is 22.8 Å². The predicted octanol–water partition coefficient (Wildman–Crippen LogP) is 3.09. The summed E-state index contributed by atoms with van der Waals surface area (Å²) in [5, 5.41) is 2.86. The number of hydrogen-bond acceptors (Lipinski definition) is 5. The van der Waals surface area contributed by atoms with E-state index in [-0.39, 0.29) is 5.91 Å². The van der Waals surface area contributed by atoms with Gasteiger partial charge in [0.2, 0.25) is 0 Å². The molecule has 0 fully saturated rings. The van der Waals surface area contributed by atoms with E-state index in [4.69, 9.17) is 9.47 Å². The molecule has 2 aromatic carbocycles. The Bertz CT molecular complexity index is 898. The molecule has 1 amide bonds. The van der Waals surface area contributed by atoms with Gasteiger partial charge in [0.05, 0.1) is 32.2 Å². The maximum Gasteiger partial charge on any atom is 0.251 e. The predicted molar refractivity (Wildman–Crippen MR) is 98.2 cm³/mol. The van der Waals surface area contributed by atoms with Crippen LogP contribution in [0.5, 0.6) is 11.5 Å². The minimum absolute atomic E-state index is 0.217. The fourth-order valence-corrected chi connectivity index (χ4v) is 2.51. The van der Waals surface area contributed by atoms with Crippen molar-refractivity contribution in [1.29, 1.82) is 0 Å². The average molecular weight is 349 g/mol. The summed E-state index contributed by atoms with van der Waals surface area (Å²) < 4.78 is 10.4. The molecule has 3 rings (SSSR count). The van der Waals surface area contributed by atoms with E-state index in [9.17, 15) is 4.79 Å². The number of aromatic nitrogens is 2. The summed E-state index contributed by atoms with van der Waals surface area (Å²) in [6.45, 7) is 0.301. The molecule has 0 aliphatic rings. The van der Waals surface area contributed by atoms with E-state index in [0.29, 0.717) is 23.6 Å². The van der Waals surface area contributed by atoms with Crippen LogP contribution < -0.4 is 14.8 Å². The number of carbonyl (C=O) groups excluding carboxylic acids is 1. The standard InChI is InChI=1S/C20H19N3O3/c1-25-18-9-8-15(10-19(18)26-2)20(24)21-12-16-11-17(23-13-22-16)14-6-4-3-5-7-14/h3-11,13H,12H2,1-2H3,(H,21,24). The van der Waals surface area contributed by atoms with Crippen LogP contribution >= 0.6 is 0 Å². The molecule has 0 atom stereocenters. The monoisotopic (exact) mass is 349 g/mol. The SMILES string of the molecule is COc1ccc(C(=O)NCc2cc(-c3ccccc3)ncn2)cc1OC. The molecule has 0 saturated carbocycles. The zero-order valence-electron chi connectivity index (χ0n) is 14.6. The Morgan fingerprint density at radius 3 is 2.46 bits per heavy atom. The first kappa shape index (κ1) is 17.4. The van der Waals surface area contributed by atoms with Gasteiger partial charge < -0.3 is 14.8 Å². The van der Waals surface area contributed by atoms with Gasteiger partial charge in [-0.3, -0.25) is 4.79 Å². The third kappa shape index (κ3) is 3.97. The molecule has 1 N–H and O–H groups in total. The number of nitrogens with one attached hydrogen (secondary N) is 1. The molecular formula is C20H19N3O3. The molecule has 6 heteroatoms. The molecule has 0 unspecified atom stereocenters. The zero-order valence-corrected chi connectivity index (χ0v) is 14.6. The van der Waals surface area contributed by atoms with E-state index in [0.717, 1.165) is 17.0 Å². The molecule has 132 valence electrons. The van der Waals surface area contributed by atoms with Crippen LogP contribution in [0.25, 0.3) is 11.3 Å². The van der Waals surface area contributed by atoms with Crippen molar-refractivity contribution in [2.24, 2.45) is 0 Å². The van der Waals surface area contributed by atoms with Crippen molar-refractivity contribution in [2.45, 2.75) is 6.54 Å². The van der Waals surface area contributed by atoms with Crippen LogP contribution in [-0.4, -0.2) is 30.1 Å². The molecule has 0 radical (unpaired) electrons.